The first-order valence-electron chi connectivity index (χ1n) is 17.5. The summed E-state index contributed by atoms with van der Waals surface area (Å²) in [5.74, 6) is 0.955. The molecule has 0 saturated heterocycles. The van der Waals surface area contributed by atoms with Gasteiger partial charge in [-0.2, -0.15) is 15.2 Å². The van der Waals surface area contributed by atoms with Crippen LogP contribution in [0.5, 0.6) is 0 Å². The SMILES string of the molecule is Cc1cc(C)cc(COC(=O)N2CCCn3nc(-c4nc(C)no4)cc3C2)c1.Cc1cc(C)cc(COC(=O)N2CCCn3nc(C(=O)Cl)cc3C2)c1. The third-order valence-corrected chi connectivity index (χ3v) is 8.97. The van der Waals surface area contributed by atoms with E-state index in [0.717, 1.165) is 64.2 Å². The molecule has 278 valence electrons. The Labute approximate surface area is 312 Å². The molecule has 0 bridgehead atoms. The zero-order valence-corrected chi connectivity index (χ0v) is 31.4. The van der Waals surface area contributed by atoms with E-state index in [1.807, 2.05) is 62.7 Å². The molecule has 5 aromatic rings. The number of rotatable bonds is 6. The Morgan fingerprint density at radius 3 is 1.64 bits per heavy atom. The standard InChI is InChI=1S/C20H23N5O3.C18H20ClN3O3/c1-13-7-14(2)9-16(8-13)12-27-20(26)24-5-4-6-25-17(11-24)10-18(22-25)19-21-15(3)23-28-19;1-12-6-13(2)8-14(7-12)11-25-18(24)21-4-3-5-22-15(10-21)9-16(20-22)17(19)23/h7-10H,4-6,11-12H2,1-3H3;6-9H,3-5,10-11H2,1-2H3. The Kier molecular flexibility index (Phi) is 11.6. The lowest BCUT2D eigenvalue weighted by atomic mass is 10.1. The van der Waals surface area contributed by atoms with Gasteiger partial charge >= 0.3 is 12.2 Å². The molecule has 5 heterocycles. The average molecular weight is 743 g/mol. The summed E-state index contributed by atoms with van der Waals surface area (Å²) in [5.41, 5.74) is 9.12. The van der Waals surface area contributed by atoms with Gasteiger partial charge in [-0.25, -0.2) is 9.59 Å². The predicted octanol–water partition coefficient (Wildman–Crippen LogP) is 6.82. The first-order valence-corrected chi connectivity index (χ1v) is 17.9. The quantitative estimate of drug-likeness (QED) is 0.170. The van der Waals surface area contributed by atoms with E-state index in [4.69, 9.17) is 25.6 Å². The van der Waals surface area contributed by atoms with Crippen molar-refractivity contribution in [1.82, 2.24) is 39.5 Å². The van der Waals surface area contributed by atoms with E-state index in [-0.39, 0.29) is 31.1 Å². The number of ether oxygens (including phenoxy) is 2. The van der Waals surface area contributed by atoms with Crippen LogP contribution in [0.1, 0.15) is 73.9 Å². The van der Waals surface area contributed by atoms with Crippen LogP contribution in [0.3, 0.4) is 0 Å². The smallest absolute Gasteiger partial charge is 0.410 e. The molecule has 2 aliphatic heterocycles. The highest BCUT2D eigenvalue weighted by molar-refractivity contribution is 6.67. The van der Waals surface area contributed by atoms with Crippen LogP contribution in [-0.4, -0.2) is 70.0 Å². The van der Waals surface area contributed by atoms with Gasteiger partial charge in [0.15, 0.2) is 11.5 Å². The summed E-state index contributed by atoms with van der Waals surface area (Å²) in [7, 11) is 0. The van der Waals surface area contributed by atoms with Crippen LogP contribution in [0.25, 0.3) is 11.6 Å². The molecule has 3 aromatic heterocycles. The van der Waals surface area contributed by atoms with Gasteiger partial charge in [-0.15, -0.1) is 0 Å². The second-order valence-corrected chi connectivity index (χ2v) is 13.9. The number of halogens is 1. The van der Waals surface area contributed by atoms with E-state index in [9.17, 15) is 14.4 Å². The fourth-order valence-corrected chi connectivity index (χ4v) is 6.71. The molecule has 0 fully saturated rings. The van der Waals surface area contributed by atoms with Gasteiger partial charge in [-0.05, 0) is 82.3 Å². The van der Waals surface area contributed by atoms with E-state index in [1.54, 1.807) is 27.5 Å². The molecule has 0 unspecified atom stereocenters. The second-order valence-electron chi connectivity index (χ2n) is 13.6. The van der Waals surface area contributed by atoms with Crippen molar-refractivity contribution in [3.63, 3.8) is 0 Å². The van der Waals surface area contributed by atoms with Crippen LogP contribution >= 0.6 is 11.6 Å². The maximum absolute atomic E-state index is 12.6. The van der Waals surface area contributed by atoms with Crippen molar-refractivity contribution in [2.24, 2.45) is 0 Å². The van der Waals surface area contributed by atoms with Gasteiger partial charge in [0.2, 0.25) is 0 Å². The van der Waals surface area contributed by atoms with Crippen LogP contribution in [0.2, 0.25) is 0 Å². The molecule has 0 aliphatic carbocycles. The topological polar surface area (TPSA) is 151 Å². The summed E-state index contributed by atoms with van der Waals surface area (Å²) in [5, 5.41) is 11.9. The molecule has 0 spiro atoms. The monoisotopic (exact) mass is 742 g/mol. The van der Waals surface area contributed by atoms with Gasteiger partial charge in [0, 0.05) is 26.2 Å². The second kappa shape index (κ2) is 16.4. The molecule has 7 rings (SSSR count). The van der Waals surface area contributed by atoms with Crippen molar-refractivity contribution >= 4 is 29.0 Å². The number of aryl methyl sites for hydroxylation is 7. The van der Waals surface area contributed by atoms with Gasteiger partial charge in [0.1, 0.15) is 18.9 Å². The van der Waals surface area contributed by atoms with Crippen molar-refractivity contribution in [2.75, 3.05) is 13.1 Å². The minimum Gasteiger partial charge on any atom is -0.445 e. The predicted molar refractivity (Wildman–Crippen MR) is 195 cm³/mol. The number of aromatic nitrogens is 6. The Hall–Kier alpha value is -5.50. The Bertz CT molecular complexity index is 2080. The summed E-state index contributed by atoms with van der Waals surface area (Å²) < 4.78 is 19.8. The Morgan fingerprint density at radius 1 is 0.679 bits per heavy atom. The van der Waals surface area contributed by atoms with Crippen molar-refractivity contribution in [2.45, 2.75) is 86.9 Å². The molecule has 0 atom stereocenters. The number of nitrogens with zero attached hydrogens (tertiary/aromatic N) is 8. The van der Waals surface area contributed by atoms with E-state index in [2.05, 4.69) is 32.5 Å². The molecule has 14 nitrogen and oxygen atoms in total. The van der Waals surface area contributed by atoms with Crippen molar-refractivity contribution < 1.29 is 28.4 Å². The zero-order valence-electron chi connectivity index (χ0n) is 30.6. The maximum atomic E-state index is 12.6. The summed E-state index contributed by atoms with van der Waals surface area (Å²) >= 11 is 5.49. The lowest BCUT2D eigenvalue weighted by Gasteiger charge is -2.19. The molecule has 2 amide bonds. The number of carbonyl (C=O) groups is 3. The van der Waals surface area contributed by atoms with Gasteiger partial charge < -0.3 is 23.8 Å². The van der Waals surface area contributed by atoms with Gasteiger partial charge in [-0.3, -0.25) is 14.2 Å². The largest absolute Gasteiger partial charge is 0.445 e. The molecule has 2 aliphatic rings. The first-order chi connectivity index (χ1) is 25.4. The fourth-order valence-electron chi connectivity index (χ4n) is 6.62. The number of fused-ring (bicyclic) bond motifs is 2. The highest BCUT2D eigenvalue weighted by Gasteiger charge is 2.25. The number of amides is 2. The van der Waals surface area contributed by atoms with E-state index in [0.29, 0.717) is 50.1 Å². The number of benzene rings is 2. The Morgan fingerprint density at radius 2 is 1.17 bits per heavy atom. The Balaban J connectivity index is 0.000000183. The molecule has 15 heteroatoms. The summed E-state index contributed by atoms with van der Waals surface area (Å²) in [6.07, 6.45) is 0.857. The highest BCUT2D eigenvalue weighted by atomic mass is 35.5. The normalized spacial score (nSPS) is 13.9. The third kappa shape index (κ3) is 9.69. The molecule has 0 N–H and O–H groups in total. The van der Waals surface area contributed by atoms with E-state index >= 15 is 0 Å². The molecular weight excluding hydrogens is 700 g/mol. The number of hydrogen-bond donors (Lipinski definition) is 0. The number of carbonyl (C=O) groups excluding carboxylic acids is 3. The minimum atomic E-state index is -0.593. The molecular formula is C38H43ClN8O6. The van der Waals surface area contributed by atoms with Crippen LogP contribution < -0.4 is 0 Å². The van der Waals surface area contributed by atoms with Crippen LogP contribution in [-0.2, 0) is 48.9 Å². The lowest BCUT2D eigenvalue weighted by molar-refractivity contribution is 0.0935. The van der Waals surface area contributed by atoms with Gasteiger partial charge in [0.05, 0.1) is 24.5 Å². The molecule has 0 saturated carbocycles. The fraction of sp³-hybridized carbons (Fsp3) is 0.395. The van der Waals surface area contributed by atoms with Gasteiger partial charge in [-0.1, -0.05) is 63.8 Å². The minimum absolute atomic E-state index is 0.210. The first kappa shape index (κ1) is 37.3. The number of hydrogen-bond acceptors (Lipinski definition) is 10. The molecule has 53 heavy (non-hydrogen) atoms. The zero-order chi connectivity index (χ0) is 37.6. The van der Waals surface area contributed by atoms with Gasteiger partial charge in [0.25, 0.3) is 11.1 Å². The highest BCUT2D eigenvalue weighted by Crippen LogP contribution is 2.22. The lowest BCUT2D eigenvalue weighted by Crippen LogP contribution is -2.31. The molecule has 2 aromatic carbocycles. The van der Waals surface area contributed by atoms with Crippen molar-refractivity contribution in [1.29, 1.82) is 0 Å². The maximum Gasteiger partial charge on any atom is 0.410 e. The van der Waals surface area contributed by atoms with E-state index < -0.39 is 5.24 Å². The third-order valence-electron chi connectivity index (χ3n) is 8.78. The van der Waals surface area contributed by atoms with Crippen LogP contribution in [0.15, 0.2) is 53.1 Å². The summed E-state index contributed by atoms with van der Waals surface area (Å²) in [4.78, 5) is 43.9. The summed E-state index contributed by atoms with van der Waals surface area (Å²) in [6, 6.07) is 15.8. The molecule has 0 radical (unpaired) electrons. The van der Waals surface area contributed by atoms with E-state index in [1.165, 1.54) is 0 Å². The van der Waals surface area contributed by atoms with Crippen molar-refractivity contribution in [3.8, 4) is 11.6 Å². The van der Waals surface area contributed by atoms with Crippen molar-refractivity contribution in [3.05, 3.63) is 105 Å². The average Bonchev–Trinajstić information content (AvgIpc) is 3.76. The summed E-state index contributed by atoms with van der Waals surface area (Å²) in [6.45, 7) is 13.7. The van der Waals surface area contributed by atoms with Crippen LogP contribution in [0.4, 0.5) is 9.59 Å². The van der Waals surface area contributed by atoms with Crippen LogP contribution in [0, 0.1) is 34.6 Å².